The second-order valence-corrected chi connectivity index (χ2v) is 5.22. The third kappa shape index (κ3) is 6.65. The second-order valence-electron chi connectivity index (χ2n) is 5.22. The fourth-order valence-electron chi connectivity index (χ4n) is 2.38. The summed E-state index contributed by atoms with van der Waals surface area (Å²) in [6.07, 6.45) is 5.98. The molecule has 5 heteroatoms. The Balaban J connectivity index is 0.00000220. The van der Waals surface area contributed by atoms with Crippen molar-refractivity contribution in [1.82, 2.24) is 0 Å². The van der Waals surface area contributed by atoms with E-state index in [1.54, 1.807) is 0 Å². The highest BCUT2D eigenvalue weighted by Crippen LogP contribution is 2.15. The SMILES string of the molecule is CCc1ccc(NC(N)=NCCC2CCCCO2)cc1.I. The van der Waals surface area contributed by atoms with E-state index in [2.05, 4.69) is 29.4 Å². The molecular formula is C16H26IN3O. The maximum Gasteiger partial charge on any atom is 0.193 e. The van der Waals surface area contributed by atoms with Gasteiger partial charge in [-0.05, 0) is 49.8 Å². The number of aryl methyl sites for hydroxylation is 1. The molecule has 0 saturated carbocycles. The van der Waals surface area contributed by atoms with Crippen LogP contribution in [0.15, 0.2) is 29.3 Å². The van der Waals surface area contributed by atoms with Gasteiger partial charge in [-0.2, -0.15) is 0 Å². The molecule has 1 saturated heterocycles. The number of rotatable bonds is 5. The predicted octanol–water partition coefficient (Wildman–Crippen LogP) is 3.55. The number of hydrogen-bond donors (Lipinski definition) is 2. The number of anilines is 1. The Bertz CT molecular complexity index is 428. The minimum absolute atomic E-state index is 0. The summed E-state index contributed by atoms with van der Waals surface area (Å²) >= 11 is 0. The molecule has 1 aromatic carbocycles. The molecule has 0 aromatic heterocycles. The third-order valence-electron chi connectivity index (χ3n) is 3.64. The summed E-state index contributed by atoms with van der Waals surface area (Å²) in [6.45, 7) is 3.76. The number of nitrogens with one attached hydrogen (secondary N) is 1. The Hall–Kier alpha value is -0.820. The molecule has 1 aliphatic rings. The number of benzene rings is 1. The van der Waals surface area contributed by atoms with Gasteiger partial charge >= 0.3 is 0 Å². The average Bonchev–Trinajstić information content (AvgIpc) is 2.49. The predicted molar refractivity (Wildman–Crippen MR) is 99.6 cm³/mol. The highest BCUT2D eigenvalue weighted by atomic mass is 127. The molecule has 21 heavy (non-hydrogen) atoms. The first-order valence-electron chi connectivity index (χ1n) is 7.55. The minimum atomic E-state index is 0. The molecule has 2 rings (SSSR count). The van der Waals surface area contributed by atoms with E-state index in [0.717, 1.165) is 38.1 Å². The van der Waals surface area contributed by atoms with E-state index in [-0.39, 0.29) is 24.0 Å². The second kappa shape index (κ2) is 10.00. The van der Waals surface area contributed by atoms with Crippen molar-refractivity contribution < 1.29 is 4.74 Å². The van der Waals surface area contributed by atoms with E-state index < -0.39 is 0 Å². The van der Waals surface area contributed by atoms with Gasteiger partial charge in [0.05, 0.1) is 6.10 Å². The molecule has 0 aliphatic carbocycles. The van der Waals surface area contributed by atoms with Gasteiger partial charge in [0.1, 0.15) is 0 Å². The van der Waals surface area contributed by atoms with Gasteiger partial charge in [0.2, 0.25) is 0 Å². The third-order valence-corrected chi connectivity index (χ3v) is 3.64. The number of hydrogen-bond acceptors (Lipinski definition) is 2. The molecule has 1 aromatic rings. The summed E-state index contributed by atoms with van der Waals surface area (Å²) in [7, 11) is 0. The molecule has 0 bridgehead atoms. The van der Waals surface area contributed by atoms with Crippen LogP contribution in [0.4, 0.5) is 5.69 Å². The van der Waals surface area contributed by atoms with Crippen LogP contribution < -0.4 is 11.1 Å². The van der Waals surface area contributed by atoms with Gasteiger partial charge in [-0.15, -0.1) is 24.0 Å². The number of halogens is 1. The maximum absolute atomic E-state index is 5.89. The van der Waals surface area contributed by atoms with Crippen LogP contribution in [0.2, 0.25) is 0 Å². The number of nitrogens with zero attached hydrogens (tertiary/aromatic N) is 1. The van der Waals surface area contributed by atoms with Gasteiger partial charge in [0, 0.05) is 18.8 Å². The Morgan fingerprint density at radius 2 is 2.10 bits per heavy atom. The topological polar surface area (TPSA) is 59.6 Å². The minimum Gasteiger partial charge on any atom is -0.378 e. The zero-order valence-corrected chi connectivity index (χ0v) is 15.0. The quantitative estimate of drug-likeness (QED) is 0.449. The van der Waals surface area contributed by atoms with Crippen LogP contribution in [-0.4, -0.2) is 25.2 Å². The highest BCUT2D eigenvalue weighted by Gasteiger charge is 2.12. The first-order chi connectivity index (χ1) is 9.78. The summed E-state index contributed by atoms with van der Waals surface area (Å²) < 4.78 is 5.67. The van der Waals surface area contributed by atoms with E-state index in [1.165, 1.54) is 18.4 Å². The summed E-state index contributed by atoms with van der Waals surface area (Å²) in [5.41, 5.74) is 8.19. The summed E-state index contributed by atoms with van der Waals surface area (Å²) in [6, 6.07) is 8.27. The van der Waals surface area contributed by atoms with Gasteiger partial charge in [-0.1, -0.05) is 19.1 Å². The smallest absolute Gasteiger partial charge is 0.193 e. The maximum atomic E-state index is 5.89. The lowest BCUT2D eigenvalue weighted by molar-refractivity contribution is 0.0129. The van der Waals surface area contributed by atoms with Crippen LogP contribution in [0.25, 0.3) is 0 Å². The van der Waals surface area contributed by atoms with E-state index in [0.29, 0.717) is 12.1 Å². The number of aliphatic imine (C=N–C) groups is 1. The highest BCUT2D eigenvalue weighted by molar-refractivity contribution is 14.0. The van der Waals surface area contributed by atoms with Gasteiger partial charge in [-0.3, -0.25) is 4.99 Å². The molecule has 1 aliphatic heterocycles. The van der Waals surface area contributed by atoms with Crippen molar-refractivity contribution in [3.63, 3.8) is 0 Å². The van der Waals surface area contributed by atoms with Crippen LogP contribution in [0.1, 0.15) is 38.2 Å². The molecule has 1 fully saturated rings. The van der Waals surface area contributed by atoms with Crippen LogP contribution in [0.3, 0.4) is 0 Å². The fourth-order valence-corrected chi connectivity index (χ4v) is 2.38. The monoisotopic (exact) mass is 403 g/mol. The zero-order chi connectivity index (χ0) is 14.2. The normalized spacial score (nSPS) is 18.9. The molecule has 0 spiro atoms. The Morgan fingerprint density at radius 3 is 2.71 bits per heavy atom. The van der Waals surface area contributed by atoms with Gasteiger partial charge in [0.25, 0.3) is 0 Å². The van der Waals surface area contributed by atoms with Crippen molar-refractivity contribution in [3.05, 3.63) is 29.8 Å². The average molecular weight is 403 g/mol. The van der Waals surface area contributed by atoms with Crippen molar-refractivity contribution in [2.75, 3.05) is 18.5 Å². The number of ether oxygens (including phenoxy) is 1. The molecule has 118 valence electrons. The van der Waals surface area contributed by atoms with Crippen LogP contribution in [0, 0.1) is 0 Å². The van der Waals surface area contributed by atoms with E-state index in [1.807, 2.05) is 12.1 Å². The largest absolute Gasteiger partial charge is 0.378 e. The van der Waals surface area contributed by atoms with Crippen LogP contribution >= 0.6 is 24.0 Å². The van der Waals surface area contributed by atoms with E-state index in [9.17, 15) is 0 Å². The van der Waals surface area contributed by atoms with Gasteiger partial charge in [-0.25, -0.2) is 0 Å². The van der Waals surface area contributed by atoms with Crippen molar-refractivity contribution in [3.8, 4) is 0 Å². The molecule has 3 N–H and O–H groups in total. The lowest BCUT2D eigenvalue weighted by Gasteiger charge is -2.21. The lowest BCUT2D eigenvalue weighted by atomic mass is 10.1. The number of guanidine groups is 1. The summed E-state index contributed by atoms with van der Waals surface area (Å²) in [5, 5.41) is 3.12. The Labute approximate surface area is 144 Å². The first kappa shape index (κ1) is 18.2. The molecular weight excluding hydrogens is 377 g/mol. The van der Waals surface area contributed by atoms with Crippen LogP contribution in [-0.2, 0) is 11.2 Å². The number of nitrogens with two attached hydrogens (primary N) is 1. The Morgan fingerprint density at radius 1 is 1.33 bits per heavy atom. The van der Waals surface area contributed by atoms with Crippen molar-refractivity contribution >= 4 is 35.6 Å². The van der Waals surface area contributed by atoms with E-state index >= 15 is 0 Å². The standard InChI is InChI=1S/C16H25N3O.HI/c1-2-13-6-8-14(9-7-13)19-16(17)18-11-10-15-5-3-4-12-20-15;/h6-9,15H,2-5,10-12H2,1H3,(H3,17,18,19);1H. The van der Waals surface area contributed by atoms with Crippen molar-refractivity contribution in [2.24, 2.45) is 10.7 Å². The van der Waals surface area contributed by atoms with Crippen molar-refractivity contribution in [2.45, 2.75) is 45.1 Å². The molecule has 1 unspecified atom stereocenters. The Kier molecular flexibility index (Phi) is 8.68. The molecule has 1 atom stereocenters. The first-order valence-corrected chi connectivity index (χ1v) is 7.55. The molecule has 0 amide bonds. The molecule has 1 heterocycles. The molecule has 0 radical (unpaired) electrons. The summed E-state index contributed by atoms with van der Waals surface area (Å²) in [4.78, 5) is 4.36. The summed E-state index contributed by atoms with van der Waals surface area (Å²) in [5.74, 6) is 0.477. The van der Waals surface area contributed by atoms with Crippen LogP contribution in [0.5, 0.6) is 0 Å². The molecule has 4 nitrogen and oxygen atoms in total. The van der Waals surface area contributed by atoms with E-state index in [4.69, 9.17) is 10.5 Å². The van der Waals surface area contributed by atoms with Gasteiger partial charge in [0.15, 0.2) is 5.96 Å². The lowest BCUT2D eigenvalue weighted by Crippen LogP contribution is -2.24. The fraction of sp³-hybridized carbons (Fsp3) is 0.562. The van der Waals surface area contributed by atoms with Crippen molar-refractivity contribution in [1.29, 1.82) is 0 Å². The van der Waals surface area contributed by atoms with Gasteiger partial charge < -0.3 is 15.8 Å². The zero-order valence-electron chi connectivity index (χ0n) is 12.7.